The predicted octanol–water partition coefficient (Wildman–Crippen LogP) is 3.32. The first-order valence-electron chi connectivity index (χ1n) is 6.86. The van der Waals surface area contributed by atoms with Crippen molar-refractivity contribution < 1.29 is 4.39 Å². The largest absolute Gasteiger partial charge is 0.347 e. The fraction of sp³-hybridized carbons (Fsp3) is 0.400. The molecule has 0 radical (unpaired) electrons. The van der Waals surface area contributed by atoms with Gasteiger partial charge < -0.3 is 4.98 Å². The number of hydrogen-bond acceptors (Lipinski definition) is 2. The molecule has 1 N–H and O–H groups in total. The van der Waals surface area contributed by atoms with Gasteiger partial charge in [0.15, 0.2) is 0 Å². The number of nitrogens with zero attached hydrogens (tertiary/aromatic N) is 2. The van der Waals surface area contributed by atoms with Crippen LogP contribution in [0, 0.1) is 11.7 Å². The van der Waals surface area contributed by atoms with Gasteiger partial charge in [-0.25, -0.2) is 9.37 Å². The molecule has 3 fully saturated rings. The van der Waals surface area contributed by atoms with Crippen molar-refractivity contribution in [1.29, 1.82) is 0 Å². The highest BCUT2D eigenvalue weighted by atomic mass is 35.5. The van der Waals surface area contributed by atoms with E-state index in [1.54, 1.807) is 6.07 Å². The fourth-order valence-corrected chi connectivity index (χ4v) is 3.91. The SMILES string of the molecule is Fc1ccc(CN2CC3CC2(c2ncc[nH]2)C3)cc1Cl. The Bertz CT molecular complexity index is 635. The number of H-pyrrole nitrogens is 1. The van der Waals surface area contributed by atoms with Crippen LogP contribution in [0.2, 0.25) is 5.02 Å². The van der Waals surface area contributed by atoms with E-state index in [0.717, 1.165) is 43.2 Å². The van der Waals surface area contributed by atoms with E-state index in [2.05, 4.69) is 14.9 Å². The zero-order chi connectivity index (χ0) is 13.7. The van der Waals surface area contributed by atoms with Gasteiger partial charge in [-0.2, -0.15) is 0 Å². The van der Waals surface area contributed by atoms with Crippen LogP contribution in [0.4, 0.5) is 4.39 Å². The van der Waals surface area contributed by atoms with Crippen molar-refractivity contribution in [3.63, 3.8) is 0 Å². The third-order valence-corrected chi connectivity index (χ3v) is 4.92. The first kappa shape index (κ1) is 12.4. The normalized spacial score (nSPS) is 28.6. The van der Waals surface area contributed by atoms with E-state index in [-0.39, 0.29) is 16.4 Å². The molecular formula is C15H15ClFN3. The summed E-state index contributed by atoms with van der Waals surface area (Å²) in [6.45, 7) is 1.87. The lowest BCUT2D eigenvalue weighted by molar-refractivity contribution is 0.0906. The molecule has 104 valence electrons. The molecule has 0 amide bonds. The molecule has 0 atom stereocenters. The van der Waals surface area contributed by atoms with Gasteiger partial charge >= 0.3 is 0 Å². The van der Waals surface area contributed by atoms with Crippen LogP contribution < -0.4 is 0 Å². The molecule has 0 spiro atoms. The topological polar surface area (TPSA) is 31.9 Å². The van der Waals surface area contributed by atoms with Gasteiger partial charge in [0.25, 0.3) is 0 Å². The molecule has 3 nitrogen and oxygen atoms in total. The van der Waals surface area contributed by atoms with Gasteiger partial charge in [0.05, 0.1) is 10.6 Å². The highest BCUT2D eigenvalue weighted by Gasteiger charge is 2.58. The standard InChI is InChI=1S/C15H15ClFN3/c16-12-5-10(1-2-13(12)17)8-20-9-11-6-15(20,7-11)14-18-3-4-19-14/h1-5,11H,6-9H2,(H,18,19). The van der Waals surface area contributed by atoms with Crippen LogP contribution in [0.25, 0.3) is 0 Å². The average molecular weight is 292 g/mol. The Morgan fingerprint density at radius 3 is 3.00 bits per heavy atom. The van der Waals surface area contributed by atoms with Crippen molar-refractivity contribution >= 4 is 11.6 Å². The van der Waals surface area contributed by atoms with Crippen molar-refractivity contribution in [2.75, 3.05) is 6.54 Å². The molecule has 20 heavy (non-hydrogen) atoms. The van der Waals surface area contributed by atoms with Crippen molar-refractivity contribution in [2.45, 2.75) is 24.9 Å². The molecule has 3 aliphatic rings. The summed E-state index contributed by atoms with van der Waals surface area (Å²) in [7, 11) is 0. The average Bonchev–Trinajstić information content (AvgIpc) is 3.06. The predicted molar refractivity (Wildman–Crippen MR) is 74.8 cm³/mol. The molecule has 2 aromatic rings. The second-order valence-corrected chi connectivity index (χ2v) is 6.28. The van der Waals surface area contributed by atoms with Crippen LogP contribution in [0.5, 0.6) is 0 Å². The van der Waals surface area contributed by atoms with Gasteiger partial charge in [0.2, 0.25) is 0 Å². The Balaban J connectivity index is 1.61. The summed E-state index contributed by atoms with van der Waals surface area (Å²) in [6.07, 6.45) is 6.01. The minimum absolute atomic E-state index is 0.0506. The summed E-state index contributed by atoms with van der Waals surface area (Å²) in [4.78, 5) is 10.1. The highest BCUT2D eigenvalue weighted by Crippen LogP contribution is 2.56. The van der Waals surface area contributed by atoms with Crippen LogP contribution in [-0.4, -0.2) is 21.4 Å². The molecule has 5 heteroatoms. The maximum atomic E-state index is 13.2. The van der Waals surface area contributed by atoms with Gasteiger partial charge in [-0.15, -0.1) is 0 Å². The summed E-state index contributed by atoms with van der Waals surface area (Å²) in [5, 5.41) is 0.195. The number of imidazole rings is 1. The molecule has 3 heterocycles. The number of aromatic amines is 1. The molecule has 1 aromatic carbocycles. The molecule has 2 bridgehead atoms. The van der Waals surface area contributed by atoms with Gasteiger partial charge in [-0.3, -0.25) is 4.90 Å². The Morgan fingerprint density at radius 1 is 1.45 bits per heavy atom. The minimum atomic E-state index is -0.359. The molecule has 2 aliphatic heterocycles. The number of benzene rings is 1. The van der Waals surface area contributed by atoms with Gasteiger partial charge in [-0.1, -0.05) is 17.7 Å². The third-order valence-electron chi connectivity index (χ3n) is 4.63. The number of aromatic nitrogens is 2. The number of nitrogens with one attached hydrogen (secondary N) is 1. The second-order valence-electron chi connectivity index (χ2n) is 5.87. The number of halogens is 2. The van der Waals surface area contributed by atoms with E-state index < -0.39 is 0 Å². The van der Waals surface area contributed by atoms with Gasteiger partial charge in [0, 0.05) is 25.5 Å². The smallest absolute Gasteiger partial charge is 0.141 e. The fourth-order valence-electron chi connectivity index (χ4n) is 3.71. The zero-order valence-corrected chi connectivity index (χ0v) is 11.7. The summed E-state index contributed by atoms with van der Waals surface area (Å²) in [5.41, 5.74) is 1.10. The van der Waals surface area contributed by atoms with E-state index in [9.17, 15) is 4.39 Å². The van der Waals surface area contributed by atoms with Crippen LogP contribution >= 0.6 is 11.6 Å². The van der Waals surface area contributed by atoms with Crippen LogP contribution in [-0.2, 0) is 12.1 Å². The molecule has 5 rings (SSSR count). The summed E-state index contributed by atoms with van der Waals surface area (Å²) < 4.78 is 13.2. The maximum Gasteiger partial charge on any atom is 0.141 e. The Morgan fingerprint density at radius 2 is 2.30 bits per heavy atom. The monoisotopic (exact) mass is 291 g/mol. The molecule has 0 unspecified atom stereocenters. The maximum absolute atomic E-state index is 13.2. The van der Waals surface area contributed by atoms with Gasteiger partial charge in [-0.05, 0) is 36.5 Å². The van der Waals surface area contributed by atoms with E-state index in [1.165, 1.54) is 6.07 Å². The summed E-state index contributed by atoms with van der Waals surface area (Å²) in [5.74, 6) is 1.46. The number of hydrogen-bond donors (Lipinski definition) is 1. The van der Waals surface area contributed by atoms with Crippen LogP contribution in [0.15, 0.2) is 30.6 Å². The Hall–Kier alpha value is -1.39. The van der Waals surface area contributed by atoms with E-state index in [4.69, 9.17) is 11.6 Å². The molecule has 1 aromatic heterocycles. The highest BCUT2D eigenvalue weighted by molar-refractivity contribution is 6.30. The quantitative estimate of drug-likeness (QED) is 0.941. The lowest BCUT2D eigenvalue weighted by Gasteiger charge is -2.40. The Kier molecular flexibility index (Phi) is 2.66. The lowest BCUT2D eigenvalue weighted by Crippen LogP contribution is -2.43. The summed E-state index contributed by atoms with van der Waals surface area (Å²) >= 11 is 5.87. The van der Waals surface area contributed by atoms with E-state index in [1.807, 2.05) is 18.5 Å². The summed E-state index contributed by atoms with van der Waals surface area (Å²) in [6, 6.07) is 4.98. The van der Waals surface area contributed by atoms with E-state index in [0.29, 0.717) is 0 Å². The van der Waals surface area contributed by atoms with Crippen molar-refractivity contribution in [3.8, 4) is 0 Å². The van der Waals surface area contributed by atoms with Crippen molar-refractivity contribution in [3.05, 3.63) is 52.8 Å². The molecule has 2 saturated heterocycles. The third kappa shape index (κ3) is 1.71. The second kappa shape index (κ2) is 4.30. The minimum Gasteiger partial charge on any atom is -0.347 e. The first-order chi connectivity index (χ1) is 9.67. The van der Waals surface area contributed by atoms with Crippen molar-refractivity contribution in [2.24, 2.45) is 5.92 Å². The van der Waals surface area contributed by atoms with E-state index >= 15 is 0 Å². The number of fused-ring (bicyclic) bond motifs is 1. The zero-order valence-electron chi connectivity index (χ0n) is 10.9. The van der Waals surface area contributed by atoms with Gasteiger partial charge in [0.1, 0.15) is 11.6 Å². The molecule has 1 aliphatic carbocycles. The molecular weight excluding hydrogens is 277 g/mol. The van der Waals surface area contributed by atoms with Crippen LogP contribution in [0.1, 0.15) is 24.2 Å². The number of rotatable bonds is 3. The Labute approximate surface area is 121 Å². The lowest BCUT2D eigenvalue weighted by atomic mass is 9.72. The van der Waals surface area contributed by atoms with Crippen LogP contribution in [0.3, 0.4) is 0 Å². The van der Waals surface area contributed by atoms with Crippen molar-refractivity contribution in [1.82, 2.24) is 14.9 Å². The first-order valence-corrected chi connectivity index (χ1v) is 7.24. The molecule has 1 saturated carbocycles.